The van der Waals surface area contributed by atoms with Gasteiger partial charge in [-0.3, -0.25) is 0 Å². The first-order chi connectivity index (χ1) is 9.27. The van der Waals surface area contributed by atoms with Gasteiger partial charge in [-0.25, -0.2) is 0 Å². The fourth-order valence-corrected chi connectivity index (χ4v) is 1.73. The average Bonchev–Trinajstić information content (AvgIpc) is 2.49. The Morgan fingerprint density at radius 1 is 0.842 bits per heavy atom. The Kier molecular flexibility index (Phi) is 7.56. The van der Waals surface area contributed by atoms with E-state index < -0.39 is 0 Å². The van der Waals surface area contributed by atoms with Crippen molar-refractivity contribution < 1.29 is 0 Å². The Bertz CT molecular complexity index is 426. The zero-order valence-corrected chi connectivity index (χ0v) is 11.6. The van der Waals surface area contributed by atoms with Crippen LogP contribution in [0.25, 0.3) is 0 Å². The van der Waals surface area contributed by atoms with Crippen molar-refractivity contribution in [1.29, 1.82) is 0 Å². The van der Waals surface area contributed by atoms with Gasteiger partial charge in [0.05, 0.1) is 0 Å². The summed E-state index contributed by atoms with van der Waals surface area (Å²) in [6.45, 7) is 3.60. The maximum Gasteiger partial charge on any atom is -0.00109 e. The summed E-state index contributed by atoms with van der Waals surface area (Å²) in [4.78, 5) is 0. The van der Waals surface area contributed by atoms with Crippen molar-refractivity contribution in [1.82, 2.24) is 0 Å². The van der Waals surface area contributed by atoms with Gasteiger partial charge in [0.25, 0.3) is 0 Å². The Morgan fingerprint density at radius 3 is 1.84 bits per heavy atom. The van der Waals surface area contributed by atoms with Crippen LogP contribution in [0.4, 0.5) is 0 Å². The highest BCUT2D eigenvalue weighted by Gasteiger charge is 1.99. The highest BCUT2D eigenvalue weighted by atomic mass is 14.5. The molecular weight excluding hydrogens is 232 g/mol. The summed E-state index contributed by atoms with van der Waals surface area (Å²) in [5, 5.41) is 0. The summed E-state index contributed by atoms with van der Waals surface area (Å²) in [7, 11) is 0. The third kappa shape index (κ3) is 6.18. The van der Waals surface area contributed by atoms with Gasteiger partial charge in [0, 0.05) is 0 Å². The van der Waals surface area contributed by atoms with Gasteiger partial charge in [-0.1, -0.05) is 67.6 Å². The standard InChI is InChI=1S/C9H13N.C8H11N/c1-8(7-10)9-5-3-2-4-6-9;9-7-6-8-4-2-1-3-5-8/h2-6,8H,7,10H2,1H3;1-5H,6-7,9H2. The minimum absolute atomic E-state index is 0.487. The fraction of sp³-hybridized carbons (Fsp3) is 0.294. The van der Waals surface area contributed by atoms with Crippen LogP contribution in [0, 0.1) is 0 Å². The predicted octanol–water partition coefficient (Wildman–Crippen LogP) is 2.94. The van der Waals surface area contributed by atoms with Crippen LogP contribution in [-0.2, 0) is 6.42 Å². The maximum atomic E-state index is 5.50. The van der Waals surface area contributed by atoms with Crippen LogP contribution < -0.4 is 11.5 Å². The lowest BCUT2D eigenvalue weighted by molar-refractivity contribution is 0.774. The first-order valence-corrected chi connectivity index (χ1v) is 6.77. The molecule has 19 heavy (non-hydrogen) atoms. The molecule has 1 unspecified atom stereocenters. The molecule has 0 fully saturated rings. The van der Waals surface area contributed by atoms with Crippen LogP contribution in [0.15, 0.2) is 60.7 Å². The lowest BCUT2D eigenvalue weighted by Gasteiger charge is -2.06. The Balaban J connectivity index is 0.000000191. The summed E-state index contributed by atoms with van der Waals surface area (Å²) in [6.07, 6.45) is 0.987. The van der Waals surface area contributed by atoms with E-state index in [9.17, 15) is 0 Å². The monoisotopic (exact) mass is 256 g/mol. The van der Waals surface area contributed by atoms with Crippen molar-refractivity contribution in [2.24, 2.45) is 11.5 Å². The molecule has 2 rings (SSSR count). The van der Waals surface area contributed by atoms with E-state index in [0.717, 1.165) is 19.5 Å². The molecule has 0 aliphatic heterocycles. The summed E-state index contributed by atoms with van der Waals surface area (Å²) in [5.41, 5.74) is 13.5. The molecule has 102 valence electrons. The smallest absolute Gasteiger partial charge is 0.00109 e. The van der Waals surface area contributed by atoms with Gasteiger partial charge < -0.3 is 11.5 Å². The van der Waals surface area contributed by atoms with E-state index in [1.165, 1.54) is 11.1 Å². The molecule has 1 atom stereocenters. The Morgan fingerprint density at radius 2 is 1.37 bits per heavy atom. The van der Waals surface area contributed by atoms with E-state index in [4.69, 9.17) is 11.5 Å². The molecule has 0 saturated carbocycles. The maximum absolute atomic E-state index is 5.50. The lowest BCUT2D eigenvalue weighted by Crippen LogP contribution is -2.08. The minimum atomic E-state index is 0.487. The number of rotatable bonds is 4. The molecule has 2 nitrogen and oxygen atoms in total. The summed E-state index contributed by atoms with van der Waals surface area (Å²) >= 11 is 0. The molecule has 0 aromatic heterocycles. The van der Waals surface area contributed by atoms with E-state index in [-0.39, 0.29) is 0 Å². The lowest BCUT2D eigenvalue weighted by atomic mass is 10.0. The van der Waals surface area contributed by atoms with Crippen molar-refractivity contribution in [2.75, 3.05) is 13.1 Å². The average molecular weight is 256 g/mol. The Labute approximate surface area is 116 Å². The van der Waals surface area contributed by atoms with Gasteiger partial charge in [0.2, 0.25) is 0 Å². The quantitative estimate of drug-likeness (QED) is 0.883. The van der Waals surface area contributed by atoms with E-state index in [0.29, 0.717) is 5.92 Å². The predicted molar refractivity (Wildman–Crippen MR) is 83.1 cm³/mol. The SMILES string of the molecule is CC(CN)c1ccccc1.NCCc1ccccc1. The van der Waals surface area contributed by atoms with Crippen LogP contribution in [0.3, 0.4) is 0 Å². The second-order valence-electron chi connectivity index (χ2n) is 4.57. The topological polar surface area (TPSA) is 52.0 Å². The molecule has 2 heteroatoms. The van der Waals surface area contributed by atoms with Gasteiger partial charge in [-0.15, -0.1) is 0 Å². The molecule has 0 amide bonds. The third-order valence-electron chi connectivity index (χ3n) is 3.00. The van der Waals surface area contributed by atoms with Gasteiger partial charge in [-0.05, 0) is 36.6 Å². The van der Waals surface area contributed by atoms with Crippen LogP contribution in [0.1, 0.15) is 24.0 Å². The van der Waals surface area contributed by atoms with E-state index in [2.05, 4.69) is 31.2 Å². The van der Waals surface area contributed by atoms with Gasteiger partial charge in [0.1, 0.15) is 0 Å². The molecule has 0 radical (unpaired) electrons. The molecule has 0 heterocycles. The summed E-state index contributed by atoms with van der Waals surface area (Å²) < 4.78 is 0. The van der Waals surface area contributed by atoms with Crippen molar-refractivity contribution in [2.45, 2.75) is 19.3 Å². The summed E-state index contributed by atoms with van der Waals surface area (Å²) in [5.74, 6) is 0.487. The van der Waals surface area contributed by atoms with Gasteiger partial charge in [-0.2, -0.15) is 0 Å². The summed E-state index contributed by atoms with van der Waals surface area (Å²) in [6, 6.07) is 20.6. The third-order valence-corrected chi connectivity index (χ3v) is 3.00. The van der Waals surface area contributed by atoms with Crippen molar-refractivity contribution in [3.05, 3.63) is 71.8 Å². The van der Waals surface area contributed by atoms with Crippen molar-refractivity contribution in [3.8, 4) is 0 Å². The van der Waals surface area contributed by atoms with Crippen LogP contribution in [-0.4, -0.2) is 13.1 Å². The molecule has 0 spiro atoms. The highest BCUT2D eigenvalue weighted by molar-refractivity contribution is 5.18. The zero-order chi connectivity index (χ0) is 13.9. The second-order valence-corrected chi connectivity index (χ2v) is 4.57. The number of nitrogens with two attached hydrogens (primary N) is 2. The Hall–Kier alpha value is -1.64. The second kappa shape index (κ2) is 9.31. The van der Waals surface area contributed by atoms with Crippen molar-refractivity contribution in [3.63, 3.8) is 0 Å². The van der Waals surface area contributed by atoms with Crippen molar-refractivity contribution >= 4 is 0 Å². The molecule has 2 aromatic rings. The molecule has 2 aromatic carbocycles. The van der Waals surface area contributed by atoms with E-state index >= 15 is 0 Å². The molecule has 0 saturated heterocycles. The number of hydrogen-bond acceptors (Lipinski definition) is 2. The van der Waals surface area contributed by atoms with Crippen LogP contribution in [0.5, 0.6) is 0 Å². The molecule has 0 aliphatic rings. The zero-order valence-electron chi connectivity index (χ0n) is 11.6. The number of hydrogen-bond donors (Lipinski definition) is 2. The largest absolute Gasteiger partial charge is 0.330 e. The molecular formula is C17H24N2. The van der Waals surface area contributed by atoms with Gasteiger partial charge >= 0.3 is 0 Å². The van der Waals surface area contributed by atoms with Crippen LogP contribution in [0.2, 0.25) is 0 Å². The normalized spacial score (nSPS) is 11.3. The molecule has 4 N–H and O–H groups in total. The number of benzene rings is 2. The first kappa shape index (κ1) is 15.4. The molecule has 0 bridgehead atoms. The first-order valence-electron chi connectivity index (χ1n) is 6.77. The minimum Gasteiger partial charge on any atom is -0.330 e. The fourth-order valence-electron chi connectivity index (χ4n) is 1.73. The van der Waals surface area contributed by atoms with Crippen LogP contribution >= 0.6 is 0 Å². The van der Waals surface area contributed by atoms with E-state index in [1.807, 2.05) is 36.4 Å². The molecule has 0 aliphatic carbocycles. The van der Waals surface area contributed by atoms with E-state index in [1.54, 1.807) is 0 Å². The highest BCUT2D eigenvalue weighted by Crippen LogP contribution is 2.11. The van der Waals surface area contributed by atoms with Gasteiger partial charge in [0.15, 0.2) is 0 Å².